The van der Waals surface area contributed by atoms with Crippen LogP contribution >= 0.6 is 0 Å². The van der Waals surface area contributed by atoms with Crippen LogP contribution in [0.5, 0.6) is 0 Å². The molecule has 1 aromatic carbocycles. The molecule has 0 spiro atoms. The van der Waals surface area contributed by atoms with Gasteiger partial charge in [-0.1, -0.05) is 34.9 Å². The Morgan fingerprint density at radius 2 is 1.87 bits per heavy atom. The molecule has 0 aliphatic heterocycles. The monoisotopic (exact) mass is 410 g/mol. The molecule has 0 bridgehead atoms. The van der Waals surface area contributed by atoms with Gasteiger partial charge in [0, 0.05) is 18.7 Å². The van der Waals surface area contributed by atoms with E-state index in [-0.39, 0.29) is 29.7 Å². The van der Waals surface area contributed by atoms with Crippen LogP contribution in [0.2, 0.25) is 0 Å². The molecule has 0 radical (unpaired) electrons. The number of hydrogen-bond donors (Lipinski definition) is 2. The topological polar surface area (TPSA) is 143 Å². The third-order valence-electron chi connectivity index (χ3n) is 3.95. The number of fused-ring (bicyclic) bond motifs is 1. The number of nitrogens with zero attached hydrogens (tertiary/aromatic N) is 5. The van der Waals surface area contributed by atoms with Crippen molar-refractivity contribution in [2.24, 2.45) is 0 Å². The molecule has 0 saturated heterocycles. The van der Waals surface area contributed by atoms with Gasteiger partial charge in [0.15, 0.2) is 0 Å². The average molecular weight is 410 g/mol. The van der Waals surface area contributed by atoms with Crippen LogP contribution in [0.15, 0.2) is 58.9 Å². The van der Waals surface area contributed by atoms with E-state index in [4.69, 9.17) is 9.63 Å². The lowest BCUT2D eigenvalue weighted by Crippen LogP contribution is -2.27. The van der Waals surface area contributed by atoms with E-state index in [9.17, 15) is 14.4 Å². The van der Waals surface area contributed by atoms with E-state index in [1.165, 1.54) is 12.1 Å². The van der Waals surface area contributed by atoms with Gasteiger partial charge in [-0.2, -0.15) is 9.97 Å². The van der Waals surface area contributed by atoms with E-state index < -0.39 is 17.6 Å². The normalized spacial score (nSPS) is 10.5. The van der Waals surface area contributed by atoms with E-state index >= 15 is 0 Å². The largest absolute Gasteiger partial charge is 0.481 e. The molecule has 0 atom stereocenters. The zero-order chi connectivity index (χ0) is 21.7. The molecule has 1 amide bonds. The standard InChI is InChI=1S/C19H18N6O5/c1-3-9-24(10-4-2)16-21-17(25-18(22-16)23-19(29)30-25)20-15(28)13-8-6-5-7-12(13)11-14(26)27/h3-8H,1-2,9-11H2,(H,26,27)(H,20,21,22,23,28,29). The number of carbonyl (C=O) groups is 2. The summed E-state index contributed by atoms with van der Waals surface area (Å²) < 4.78 is 5.84. The third kappa shape index (κ3) is 4.41. The Bertz CT molecular complexity index is 1170. The summed E-state index contributed by atoms with van der Waals surface area (Å²) in [7, 11) is 0. The third-order valence-corrected chi connectivity index (χ3v) is 3.95. The molecule has 30 heavy (non-hydrogen) atoms. The quantitative estimate of drug-likeness (QED) is 0.496. The Hall–Kier alpha value is -4.28. The van der Waals surface area contributed by atoms with Crippen molar-refractivity contribution in [3.63, 3.8) is 0 Å². The van der Waals surface area contributed by atoms with E-state index in [0.717, 1.165) is 4.57 Å². The van der Waals surface area contributed by atoms with Gasteiger partial charge in [0.2, 0.25) is 5.95 Å². The number of carbonyl (C=O) groups excluding carboxylic acids is 1. The minimum Gasteiger partial charge on any atom is -0.481 e. The van der Waals surface area contributed by atoms with Crippen LogP contribution < -0.4 is 16.0 Å². The van der Waals surface area contributed by atoms with Crippen molar-refractivity contribution in [3.8, 4) is 0 Å². The number of hydrogen-bond acceptors (Lipinski definition) is 8. The zero-order valence-corrected chi connectivity index (χ0v) is 15.8. The Labute approximate surface area is 170 Å². The molecule has 0 unspecified atom stereocenters. The highest BCUT2D eigenvalue weighted by atomic mass is 16.5. The van der Waals surface area contributed by atoms with Crippen molar-refractivity contribution in [2.75, 3.05) is 23.3 Å². The van der Waals surface area contributed by atoms with Crippen LogP contribution in [0, 0.1) is 0 Å². The lowest BCUT2D eigenvalue weighted by Gasteiger charge is -2.19. The molecule has 2 N–H and O–H groups in total. The number of rotatable bonds is 9. The molecule has 11 heteroatoms. The first-order valence-corrected chi connectivity index (χ1v) is 8.79. The predicted octanol–water partition coefficient (Wildman–Crippen LogP) is 1.14. The Kier molecular flexibility index (Phi) is 6.01. The number of amides is 1. The number of anilines is 2. The van der Waals surface area contributed by atoms with Crippen LogP contribution in [0.1, 0.15) is 15.9 Å². The molecule has 0 saturated carbocycles. The van der Waals surface area contributed by atoms with E-state index in [0.29, 0.717) is 18.7 Å². The van der Waals surface area contributed by atoms with Crippen molar-refractivity contribution in [3.05, 3.63) is 71.3 Å². The Morgan fingerprint density at radius 1 is 1.17 bits per heavy atom. The highest BCUT2D eigenvalue weighted by Crippen LogP contribution is 2.16. The number of nitrogens with one attached hydrogen (secondary N) is 1. The number of carboxylic acids is 1. The van der Waals surface area contributed by atoms with Crippen LogP contribution in [0.25, 0.3) is 5.78 Å². The zero-order valence-electron chi connectivity index (χ0n) is 15.8. The van der Waals surface area contributed by atoms with Crippen LogP contribution in [0.3, 0.4) is 0 Å². The van der Waals surface area contributed by atoms with E-state index in [2.05, 4.69) is 33.4 Å². The van der Waals surface area contributed by atoms with Crippen molar-refractivity contribution in [2.45, 2.75) is 6.42 Å². The fraction of sp³-hybridized carbons (Fsp3) is 0.158. The summed E-state index contributed by atoms with van der Waals surface area (Å²) in [5.41, 5.74) is 0.463. The number of aliphatic carboxylic acids is 1. The first-order chi connectivity index (χ1) is 14.4. The van der Waals surface area contributed by atoms with Gasteiger partial charge < -0.3 is 14.5 Å². The van der Waals surface area contributed by atoms with Crippen LogP contribution in [0.4, 0.5) is 11.9 Å². The molecule has 0 aliphatic carbocycles. The molecule has 0 aliphatic rings. The van der Waals surface area contributed by atoms with Gasteiger partial charge in [-0.3, -0.25) is 14.9 Å². The average Bonchev–Trinajstić information content (AvgIpc) is 3.08. The van der Waals surface area contributed by atoms with Gasteiger partial charge in [0.25, 0.3) is 17.6 Å². The number of carboxylic acid groups (broad SMARTS) is 1. The second-order valence-electron chi connectivity index (χ2n) is 6.07. The van der Waals surface area contributed by atoms with Gasteiger partial charge >= 0.3 is 11.7 Å². The highest BCUT2D eigenvalue weighted by molar-refractivity contribution is 6.05. The molecule has 3 aromatic rings. The maximum atomic E-state index is 12.8. The number of aromatic nitrogens is 4. The van der Waals surface area contributed by atoms with Crippen molar-refractivity contribution in [1.82, 2.24) is 19.5 Å². The lowest BCUT2D eigenvalue weighted by atomic mass is 10.0. The first kappa shape index (κ1) is 20.5. The van der Waals surface area contributed by atoms with Gasteiger partial charge in [-0.25, -0.2) is 4.79 Å². The Balaban J connectivity index is 2.04. The van der Waals surface area contributed by atoms with Crippen molar-refractivity contribution >= 4 is 29.6 Å². The minimum absolute atomic E-state index is 0.0998. The van der Waals surface area contributed by atoms with Gasteiger partial charge in [-0.05, 0) is 11.6 Å². The minimum atomic E-state index is -1.08. The number of benzene rings is 1. The van der Waals surface area contributed by atoms with Crippen LogP contribution in [-0.2, 0) is 11.2 Å². The smallest absolute Gasteiger partial charge is 0.462 e. The van der Waals surface area contributed by atoms with E-state index in [1.807, 2.05) is 0 Å². The molecular weight excluding hydrogens is 392 g/mol. The summed E-state index contributed by atoms with van der Waals surface area (Å²) in [6, 6.07) is 6.26. The second-order valence-corrected chi connectivity index (χ2v) is 6.07. The second kappa shape index (κ2) is 8.82. The Morgan fingerprint density at radius 3 is 2.53 bits per heavy atom. The summed E-state index contributed by atoms with van der Waals surface area (Å²) in [6.45, 7) is 8.11. The highest BCUT2D eigenvalue weighted by Gasteiger charge is 2.20. The lowest BCUT2D eigenvalue weighted by molar-refractivity contribution is -0.136. The predicted molar refractivity (Wildman–Crippen MR) is 108 cm³/mol. The summed E-state index contributed by atoms with van der Waals surface area (Å²) in [6.07, 6.45) is 2.93. The fourth-order valence-corrected chi connectivity index (χ4v) is 2.73. The maximum absolute atomic E-state index is 12.8. The van der Waals surface area contributed by atoms with Gasteiger partial charge in [-0.15, -0.1) is 18.1 Å². The summed E-state index contributed by atoms with van der Waals surface area (Å²) >= 11 is 0. The molecule has 3 rings (SSSR count). The summed E-state index contributed by atoms with van der Waals surface area (Å²) in [4.78, 5) is 49.3. The van der Waals surface area contributed by atoms with Gasteiger partial charge in [0.05, 0.1) is 6.42 Å². The van der Waals surface area contributed by atoms with Crippen LogP contribution in [-0.4, -0.2) is 49.6 Å². The molecule has 2 aromatic heterocycles. The fourth-order valence-electron chi connectivity index (χ4n) is 2.73. The van der Waals surface area contributed by atoms with Gasteiger partial charge in [0.1, 0.15) is 0 Å². The molecule has 2 heterocycles. The summed E-state index contributed by atoms with van der Waals surface area (Å²) in [5.74, 6) is -2.70. The maximum Gasteiger partial charge on any atom is 0.462 e. The SMILES string of the molecule is C=CCN(CC=C)c1nc(NC(=O)c2ccccc2CC(=O)O)n2oc(=O)nc2n1. The molecular formula is C19H18N6O5. The summed E-state index contributed by atoms with van der Waals surface area (Å²) in [5, 5.41) is 11.6. The molecule has 0 fully saturated rings. The molecule has 11 nitrogen and oxygen atoms in total. The van der Waals surface area contributed by atoms with Crippen molar-refractivity contribution in [1.29, 1.82) is 0 Å². The molecule has 154 valence electrons. The first-order valence-electron chi connectivity index (χ1n) is 8.79. The van der Waals surface area contributed by atoms with Crippen molar-refractivity contribution < 1.29 is 19.2 Å². The van der Waals surface area contributed by atoms with E-state index in [1.54, 1.807) is 29.2 Å².